The maximum atomic E-state index is 9.92. The maximum absolute atomic E-state index is 9.92. The van der Waals surface area contributed by atoms with E-state index in [9.17, 15) is 10.5 Å². The van der Waals surface area contributed by atoms with E-state index in [0.29, 0.717) is 50.8 Å². The van der Waals surface area contributed by atoms with Crippen LogP contribution >= 0.6 is 0 Å². The summed E-state index contributed by atoms with van der Waals surface area (Å²) in [5, 5.41) is 21.1. The van der Waals surface area contributed by atoms with E-state index in [4.69, 9.17) is 15.4 Å². The van der Waals surface area contributed by atoms with Crippen LogP contribution in [0.3, 0.4) is 0 Å². The first-order valence-corrected chi connectivity index (χ1v) is 13.3. The summed E-state index contributed by atoms with van der Waals surface area (Å²) in [6.07, 6.45) is 0. The molecule has 0 saturated heterocycles. The van der Waals surface area contributed by atoms with Gasteiger partial charge in [0, 0.05) is 21.9 Å². The highest BCUT2D eigenvalue weighted by Crippen LogP contribution is 2.38. The minimum Gasteiger partial charge on any atom is -0.436 e. The lowest BCUT2D eigenvalue weighted by Crippen LogP contribution is -1.97. The van der Waals surface area contributed by atoms with Crippen molar-refractivity contribution < 1.29 is 8.83 Å². The predicted octanol–water partition coefficient (Wildman–Crippen LogP) is 8.69. The van der Waals surface area contributed by atoms with E-state index in [0.717, 1.165) is 38.6 Å². The van der Waals surface area contributed by atoms with Crippen molar-refractivity contribution in [3.05, 3.63) is 120 Å². The Morgan fingerprint density at radius 1 is 0.674 bits per heavy atom. The van der Waals surface area contributed by atoms with Gasteiger partial charge in [-0.3, -0.25) is 0 Å². The number of hydrogen-bond donors (Lipinski definition) is 0. The van der Waals surface area contributed by atoms with Gasteiger partial charge in [-0.1, -0.05) is 18.2 Å². The number of nitrogens with zero attached hydrogens (tertiary/aromatic N) is 6. The number of para-hydroxylation sites is 1. The Morgan fingerprint density at radius 2 is 1.30 bits per heavy atom. The Labute approximate surface area is 243 Å². The summed E-state index contributed by atoms with van der Waals surface area (Å²) >= 11 is 0. The van der Waals surface area contributed by atoms with Gasteiger partial charge in [0.05, 0.1) is 46.0 Å². The van der Waals surface area contributed by atoms with Crippen LogP contribution in [0, 0.1) is 29.2 Å². The van der Waals surface area contributed by atoms with Crippen LogP contribution in [0.25, 0.3) is 77.4 Å². The topological polar surface area (TPSA) is 109 Å². The fourth-order valence-electron chi connectivity index (χ4n) is 5.54. The van der Waals surface area contributed by atoms with Crippen LogP contribution in [0.15, 0.2) is 106 Å². The molecular formula is C35H16N6O2. The molecule has 8 rings (SSSR count). The number of aromatic nitrogens is 3. The molecule has 0 atom stereocenters. The second-order valence-electron chi connectivity index (χ2n) is 10.0. The van der Waals surface area contributed by atoms with E-state index in [1.165, 1.54) is 0 Å². The van der Waals surface area contributed by atoms with Gasteiger partial charge in [-0.25, -0.2) is 14.8 Å². The van der Waals surface area contributed by atoms with Gasteiger partial charge in [0.15, 0.2) is 16.9 Å². The highest BCUT2D eigenvalue weighted by atomic mass is 16.4. The molecule has 0 bridgehead atoms. The summed E-state index contributed by atoms with van der Waals surface area (Å²) in [7, 11) is 0. The number of fused-ring (bicyclic) bond motifs is 5. The van der Waals surface area contributed by atoms with Crippen molar-refractivity contribution in [2.24, 2.45) is 0 Å². The van der Waals surface area contributed by atoms with Crippen molar-refractivity contribution >= 4 is 49.7 Å². The molecule has 43 heavy (non-hydrogen) atoms. The lowest BCUT2D eigenvalue weighted by Gasteiger charge is -2.09. The van der Waals surface area contributed by atoms with Gasteiger partial charge < -0.3 is 13.4 Å². The van der Waals surface area contributed by atoms with Gasteiger partial charge in [0.1, 0.15) is 11.6 Å². The van der Waals surface area contributed by atoms with Crippen molar-refractivity contribution in [3.63, 3.8) is 0 Å². The lowest BCUT2D eigenvalue weighted by atomic mass is 10.1. The molecule has 0 aliphatic heterocycles. The van der Waals surface area contributed by atoms with Crippen molar-refractivity contribution in [3.8, 4) is 40.7 Å². The van der Waals surface area contributed by atoms with E-state index in [2.05, 4.69) is 31.5 Å². The Balaban J connectivity index is 1.38. The molecule has 0 aliphatic rings. The standard InChI is InChI=1S/C35H16N6O2/c1-38-24-9-13-33-28(17-24)40-35(43-33)22-8-11-31-26(16-22)25-15-21(34-39-27-14-20(18-36)6-12-32(27)42-34)7-10-30(25)41(31)29-5-3-2-4-23(29)19-37/h2-17H. The summed E-state index contributed by atoms with van der Waals surface area (Å²) < 4.78 is 14.2. The zero-order chi connectivity index (χ0) is 29.1. The Morgan fingerprint density at radius 3 is 1.93 bits per heavy atom. The van der Waals surface area contributed by atoms with Crippen molar-refractivity contribution in [1.29, 1.82) is 10.5 Å². The number of benzene rings is 5. The molecule has 3 heterocycles. The smallest absolute Gasteiger partial charge is 0.227 e. The molecular weight excluding hydrogens is 536 g/mol. The van der Waals surface area contributed by atoms with Crippen LogP contribution in [-0.2, 0) is 0 Å². The van der Waals surface area contributed by atoms with Gasteiger partial charge >= 0.3 is 0 Å². The first-order valence-electron chi connectivity index (χ1n) is 13.3. The van der Waals surface area contributed by atoms with Crippen LogP contribution in [0.1, 0.15) is 11.1 Å². The number of hydrogen-bond acceptors (Lipinski definition) is 6. The van der Waals surface area contributed by atoms with Crippen LogP contribution in [0.2, 0.25) is 0 Å². The largest absolute Gasteiger partial charge is 0.436 e. The molecule has 0 amide bonds. The summed E-state index contributed by atoms with van der Waals surface area (Å²) in [6.45, 7) is 7.31. The van der Waals surface area contributed by atoms with E-state index in [1.807, 2.05) is 54.6 Å². The summed E-state index contributed by atoms with van der Waals surface area (Å²) in [5.41, 5.74) is 8.11. The fraction of sp³-hybridized carbons (Fsp3) is 0. The molecule has 0 unspecified atom stereocenters. The van der Waals surface area contributed by atoms with Gasteiger partial charge in [-0.2, -0.15) is 10.5 Å². The van der Waals surface area contributed by atoms with Crippen LogP contribution < -0.4 is 0 Å². The third-order valence-corrected chi connectivity index (χ3v) is 7.54. The van der Waals surface area contributed by atoms with E-state index in [-0.39, 0.29) is 0 Å². The van der Waals surface area contributed by atoms with Crippen molar-refractivity contribution in [2.45, 2.75) is 0 Å². The zero-order valence-corrected chi connectivity index (χ0v) is 22.2. The summed E-state index contributed by atoms with van der Waals surface area (Å²) in [5.74, 6) is 0.886. The van der Waals surface area contributed by atoms with Crippen LogP contribution in [-0.4, -0.2) is 14.5 Å². The number of nitriles is 2. The van der Waals surface area contributed by atoms with Crippen molar-refractivity contribution in [1.82, 2.24) is 14.5 Å². The molecule has 5 aromatic carbocycles. The fourth-order valence-corrected chi connectivity index (χ4v) is 5.54. The van der Waals surface area contributed by atoms with Gasteiger partial charge in [0.2, 0.25) is 11.8 Å². The molecule has 0 saturated carbocycles. The maximum Gasteiger partial charge on any atom is 0.227 e. The average Bonchev–Trinajstić information content (AvgIpc) is 3.77. The first kappa shape index (κ1) is 24.1. The molecule has 8 nitrogen and oxygen atoms in total. The molecule has 0 spiro atoms. The molecule has 0 radical (unpaired) electrons. The molecule has 0 N–H and O–H groups in total. The van der Waals surface area contributed by atoms with Crippen molar-refractivity contribution in [2.75, 3.05) is 0 Å². The molecule has 198 valence electrons. The molecule has 8 aromatic rings. The molecule has 8 heteroatoms. The number of rotatable bonds is 3. The van der Waals surface area contributed by atoms with Gasteiger partial charge in [-0.05, 0) is 78.9 Å². The Hall–Kier alpha value is -6.69. The molecule has 3 aromatic heterocycles. The number of oxazole rings is 2. The molecule has 0 fully saturated rings. The first-order chi connectivity index (χ1) is 21.1. The predicted molar refractivity (Wildman–Crippen MR) is 162 cm³/mol. The van der Waals surface area contributed by atoms with E-state index in [1.54, 1.807) is 42.5 Å². The SMILES string of the molecule is [C-]#[N+]c1ccc2oc(-c3ccc4c(c3)c3cc(-c5nc6cc(C#N)ccc6o5)ccc3n4-c3ccccc3C#N)nc2c1. The van der Waals surface area contributed by atoms with Gasteiger partial charge in [0.25, 0.3) is 0 Å². The second-order valence-corrected chi connectivity index (χ2v) is 10.0. The van der Waals surface area contributed by atoms with Crippen LogP contribution in [0.5, 0.6) is 0 Å². The quantitative estimate of drug-likeness (QED) is 0.203. The summed E-state index contributed by atoms with van der Waals surface area (Å²) in [6, 6.07) is 34.3. The van der Waals surface area contributed by atoms with E-state index < -0.39 is 0 Å². The highest BCUT2D eigenvalue weighted by molar-refractivity contribution is 6.11. The second kappa shape index (κ2) is 9.17. The zero-order valence-electron chi connectivity index (χ0n) is 22.2. The average molecular weight is 553 g/mol. The van der Waals surface area contributed by atoms with Gasteiger partial charge in [-0.15, -0.1) is 0 Å². The minimum atomic E-state index is 0.441. The Bertz CT molecular complexity index is 2420. The minimum absolute atomic E-state index is 0.441. The van der Waals surface area contributed by atoms with Crippen LogP contribution in [0.4, 0.5) is 5.69 Å². The Kier molecular flexibility index (Phi) is 5.15. The highest BCUT2D eigenvalue weighted by Gasteiger charge is 2.19. The third kappa shape index (κ3) is 3.74. The monoisotopic (exact) mass is 552 g/mol. The summed E-state index contributed by atoms with van der Waals surface area (Å²) in [4.78, 5) is 12.8. The molecule has 0 aliphatic carbocycles. The third-order valence-electron chi connectivity index (χ3n) is 7.54. The lowest BCUT2D eigenvalue weighted by molar-refractivity contribution is 0.619. The normalized spacial score (nSPS) is 11.2. The van der Waals surface area contributed by atoms with E-state index >= 15 is 0 Å².